The molecule has 0 radical (unpaired) electrons. The van der Waals surface area contributed by atoms with Gasteiger partial charge in [0.05, 0.1) is 6.10 Å². The zero-order chi connectivity index (χ0) is 29.3. The van der Waals surface area contributed by atoms with E-state index in [-0.39, 0.29) is 22.7 Å². The molecule has 9 atom stereocenters. The summed E-state index contributed by atoms with van der Waals surface area (Å²) in [6.45, 7) is 4.77. The lowest BCUT2D eigenvalue weighted by Gasteiger charge is -2.62. The molecule has 9 heteroatoms. The van der Waals surface area contributed by atoms with Gasteiger partial charge in [-0.25, -0.2) is 0 Å². The SMILES string of the molecule is C[C@]12CCC(=O)C[C@@H]1C[C@@H](CCCCCCCS(=O)CCCC(F)(F)C(F)(F)F)[C@@H]1[C@@H]2CC[C@]2(C)[C@@H](O)CC[C@@H]12. The maximum absolute atomic E-state index is 13.0. The number of unbranched alkanes of at least 4 members (excludes halogenated alkanes) is 4. The van der Waals surface area contributed by atoms with Crippen LogP contribution in [-0.4, -0.2) is 44.8 Å². The van der Waals surface area contributed by atoms with Gasteiger partial charge >= 0.3 is 12.1 Å². The van der Waals surface area contributed by atoms with E-state index < -0.39 is 35.7 Å². The van der Waals surface area contributed by atoms with Gasteiger partial charge in [-0.05, 0) is 91.8 Å². The van der Waals surface area contributed by atoms with Gasteiger partial charge in [-0.3, -0.25) is 9.00 Å². The molecule has 0 aromatic heterocycles. The Morgan fingerprint density at radius 2 is 1.52 bits per heavy atom. The fourth-order valence-electron chi connectivity index (χ4n) is 9.39. The first-order valence-corrected chi connectivity index (χ1v) is 17.2. The average Bonchev–Trinajstić information content (AvgIpc) is 3.17. The summed E-state index contributed by atoms with van der Waals surface area (Å²) in [6.07, 6.45) is 6.27. The molecule has 4 rings (SSSR count). The monoisotopic (exact) mass is 596 g/mol. The van der Waals surface area contributed by atoms with Crippen molar-refractivity contribution in [2.75, 3.05) is 11.5 Å². The third-order valence-electron chi connectivity index (χ3n) is 11.8. The van der Waals surface area contributed by atoms with E-state index in [0.29, 0.717) is 47.5 Å². The van der Waals surface area contributed by atoms with Gasteiger partial charge in [0.15, 0.2) is 0 Å². The minimum absolute atomic E-state index is 0.0192. The lowest BCUT2D eigenvalue weighted by molar-refractivity contribution is -0.284. The van der Waals surface area contributed by atoms with Crippen LogP contribution in [0.4, 0.5) is 22.0 Å². The Morgan fingerprint density at radius 1 is 0.875 bits per heavy atom. The van der Waals surface area contributed by atoms with Crippen molar-refractivity contribution in [1.29, 1.82) is 0 Å². The number of halogens is 5. The number of ketones is 1. The highest BCUT2D eigenvalue weighted by Crippen LogP contribution is 2.67. The highest BCUT2D eigenvalue weighted by atomic mass is 32.2. The smallest absolute Gasteiger partial charge is 0.393 e. The van der Waals surface area contributed by atoms with Crippen LogP contribution in [0.5, 0.6) is 0 Å². The van der Waals surface area contributed by atoms with E-state index >= 15 is 0 Å². The summed E-state index contributed by atoms with van der Waals surface area (Å²) in [5, 5.41) is 10.9. The number of carbonyl (C=O) groups excluding carboxylic acids is 1. The number of hydrogen-bond donors (Lipinski definition) is 1. The third kappa shape index (κ3) is 6.65. The quantitative estimate of drug-likeness (QED) is 0.182. The topological polar surface area (TPSA) is 54.4 Å². The van der Waals surface area contributed by atoms with Crippen molar-refractivity contribution >= 4 is 16.6 Å². The highest BCUT2D eigenvalue weighted by Gasteiger charge is 2.62. The third-order valence-corrected chi connectivity index (χ3v) is 13.3. The van der Waals surface area contributed by atoms with Crippen molar-refractivity contribution in [3.63, 3.8) is 0 Å². The first-order valence-electron chi connectivity index (χ1n) is 15.7. The Balaban J connectivity index is 1.22. The number of rotatable bonds is 12. The fraction of sp³-hybridized carbons (Fsp3) is 0.968. The van der Waals surface area contributed by atoms with E-state index in [2.05, 4.69) is 13.8 Å². The average molecular weight is 597 g/mol. The molecule has 0 saturated heterocycles. The minimum Gasteiger partial charge on any atom is -0.393 e. The Morgan fingerprint density at radius 3 is 2.25 bits per heavy atom. The van der Waals surface area contributed by atoms with Crippen LogP contribution in [0.3, 0.4) is 0 Å². The molecule has 0 aromatic carbocycles. The molecular formula is C31H49F5O3S. The largest absolute Gasteiger partial charge is 0.453 e. The summed E-state index contributed by atoms with van der Waals surface area (Å²) in [6, 6.07) is 0. The van der Waals surface area contributed by atoms with Crippen molar-refractivity contribution < 1.29 is 36.1 Å². The van der Waals surface area contributed by atoms with Gasteiger partial charge in [-0.2, -0.15) is 22.0 Å². The number of Topliss-reactive ketones (excluding diaryl/α,β-unsaturated/α-hetero) is 1. The molecule has 0 spiro atoms. The van der Waals surface area contributed by atoms with Crippen LogP contribution < -0.4 is 0 Å². The summed E-state index contributed by atoms with van der Waals surface area (Å²) in [5.74, 6) is -1.18. The predicted molar refractivity (Wildman–Crippen MR) is 147 cm³/mol. The number of aliphatic hydroxyl groups is 1. The Kier molecular flexibility index (Phi) is 10.2. The molecule has 3 nitrogen and oxygen atoms in total. The zero-order valence-corrected chi connectivity index (χ0v) is 25.1. The summed E-state index contributed by atoms with van der Waals surface area (Å²) >= 11 is 0. The second-order valence-corrected chi connectivity index (χ2v) is 15.8. The summed E-state index contributed by atoms with van der Waals surface area (Å²) in [7, 11) is -1.37. The Hall–Kier alpha value is -0.570. The Labute approximate surface area is 239 Å². The summed E-state index contributed by atoms with van der Waals surface area (Å²) in [5.41, 5.74) is 0.258. The van der Waals surface area contributed by atoms with Crippen molar-refractivity contribution in [3.8, 4) is 0 Å². The molecule has 4 fully saturated rings. The molecule has 40 heavy (non-hydrogen) atoms. The fourth-order valence-corrected chi connectivity index (χ4v) is 10.6. The van der Waals surface area contributed by atoms with Crippen LogP contribution in [0.1, 0.15) is 117 Å². The van der Waals surface area contributed by atoms with Gasteiger partial charge in [0.1, 0.15) is 5.78 Å². The number of aliphatic hydroxyl groups excluding tert-OH is 1. The van der Waals surface area contributed by atoms with Gasteiger partial charge in [0.2, 0.25) is 0 Å². The summed E-state index contributed by atoms with van der Waals surface area (Å²) < 4.78 is 74.8. The molecule has 0 aromatic rings. The molecule has 0 amide bonds. The minimum atomic E-state index is -5.55. The molecule has 0 aliphatic heterocycles. The number of carbonyl (C=O) groups is 1. The van der Waals surface area contributed by atoms with Crippen molar-refractivity contribution in [2.24, 2.45) is 40.4 Å². The molecule has 0 bridgehead atoms. The molecule has 4 aliphatic carbocycles. The van der Waals surface area contributed by atoms with Crippen molar-refractivity contribution in [2.45, 2.75) is 135 Å². The summed E-state index contributed by atoms with van der Waals surface area (Å²) in [4.78, 5) is 12.4. The van der Waals surface area contributed by atoms with Crippen LogP contribution in [0, 0.1) is 40.4 Å². The lowest BCUT2D eigenvalue weighted by atomic mass is 9.42. The van der Waals surface area contributed by atoms with E-state index in [1.54, 1.807) is 0 Å². The number of fused-ring (bicyclic) bond motifs is 5. The van der Waals surface area contributed by atoms with Crippen LogP contribution in [-0.2, 0) is 15.6 Å². The first kappa shape index (κ1) is 32.3. The molecule has 4 aliphatic rings. The van der Waals surface area contributed by atoms with Crippen molar-refractivity contribution in [3.05, 3.63) is 0 Å². The zero-order valence-electron chi connectivity index (χ0n) is 24.3. The van der Waals surface area contributed by atoms with E-state index in [1.807, 2.05) is 0 Å². The van der Waals surface area contributed by atoms with Crippen LogP contribution in [0.15, 0.2) is 0 Å². The molecule has 4 saturated carbocycles. The van der Waals surface area contributed by atoms with E-state index in [0.717, 1.165) is 83.5 Å². The molecule has 0 heterocycles. The van der Waals surface area contributed by atoms with Gasteiger partial charge < -0.3 is 5.11 Å². The standard InChI is InChI=1S/C31H49F5O3S/c1-28-15-12-23(37)20-22(28)19-21(27-24-10-11-26(38)29(24,2)16-13-25(27)28)9-6-4-3-5-7-17-40(39)18-8-14-30(32,33)31(34,35)36/h21-22,24-27,38H,3-20H2,1-2H3/t21-,22+,24+,25+,26+,27+,28+,29+,40?/m1/s1. The van der Waals surface area contributed by atoms with Gasteiger partial charge in [0, 0.05) is 41.6 Å². The number of alkyl halides is 5. The van der Waals surface area contributed by atoms with E-state index in [4.69, 9.17) is 0 Å². The van der Waals surface area contributed by atoms with Gasteiger partial charge in [-0.1, -0.05) is 46.0 Å². The first-order chi connectivity index (χ1) is 18.7. The van der Waals surface area contributed by atoms with Gasteiger partial charge in [0.25, 0.3) is 0 Å². The van der Waals surface area contributed by atoms with Crippen LogP contribution in [0.2, 0.25) is 0 Å². The maximum atomic E-state index is 13.0. The molecule has 1 N–H and O–H groups in total. The molecule has 1 unspecified atom stereocenters. The molecular weight excluding hydrogens is 547 g/mol. The van der Waals surface area contributed by atoms with Crippen molar-refractivity contribution in [1.82, 2.24) is 0 Å². The van der Waals surface area contributed by atoms with Gasteiger partial charge in [-0.15, -0.1) is 0 Å². The Bertz CT molecular complexity index is 910. The lowest BCUT2D eigenvalue weighted by Crippen LogP contribution is -2.57. The molecule has 232 valence electrons. The van der Waals surface area contributed by atoms with Crippen LogP contribution >= 0.6 is 0 Å². The normalized spacial score (nSPS) is 39.0. The highest BCUT2D eigenvalue weighted by molar-refractivity contribution is 7.84. The predicted octanol–water partition coefficient (Wildman–Crippen LogP) is 8.25. The maximum Gasteiger partial charge on any atom is 0.453 e. The number of hydrogen-bond acceptors (Lipinski definition) is 3. The van der Waals surface area contributed by atoms with Crippen LogP contribution in [0.25, 0.3) is 0 Å². The second kappa shape index (κ2) is 12.6. The second-order valence-electron chi connectivity index (χ2n) is 14.1. The van der Waals surface area contributed by atoms with E-state index in [9.17, 15) is 36.1 Å². The van der Waals surface area contributed by atoms with E-state index in [1.165, 1.54) is 0 Å².